The molecule has 0 aliphatic heterocycles. The number of hydrogen-bond acceptors (Lipinski definition) is 3. The number of nitrogens with zero attached hydrogens (tertiary/aromatic N) is 1. The van der Waals surface area contributed by atoms with Crippen LogP contribution in [0.2, 0.25) is 0 Å². The SMILES string of the molecule is CN=C(NCc1ccc(OC)c(OC)c1)NCC1(c2ccc(F)cc2)CCC1.I. The molecular weight excluding hydrogens is 484 g/mol. The molecule has 1 fully saturated rings. The van der Waals surface area contributed by atoms with Gasteiger partial charge in [0.15, 0.2) is 17.5 Å². The van der Waals surface area contributed by atoms with Crippen LogP contribution in [-0.2, 0) is 12.0 Å². The molecular formula is C22H29FIN3O2. The highest BCUT2D eigenvalue weighted by Gasteiger charge is 2.38. The van der Waals surface area contributed by atoms with Gasteiger partial charge in [-0.25, -0.2) is 4.39 Å². The van der Waals surface area contributed by atoms with E-state index in [0.717, 1.165) is 30.9 Å². The number of rotatable bonds is 7. The summed E-state index contributed by atoms with van der Waals surface area (Å²) in [5.74, 6) is 1.95. The van der Waals surface area contributed by atoms with E-state index >= 15 is 0 Å². The van der Waals surface area contributed by atoms with Gasteiger partial charge in [0.05, 0.1) is 14.2 Å². The third-order valence-corrected chi connectivity index (χ3v) is 5.49. The van der Waals surface area contributed by atoms with Crippen LogP contribution < -0.4 is 20.1 Å². The average molecular weight is 513 g/mol. The first-order valence-corrected chi connectivity index (χ1v) is 9.52. The Kier molecular flexibility index (Phi) is 8.55. The molecule has 0 radical (unpaired) electrons. The van der Waals surface area contributed by atoms with Crippen LogP contribution in [0.3, 0.4) is 0 Å². The number of benzene rings is 2. The summed E-state index contributed by atoms with van der Waals surface area (Å²) in [5.41, 5.74) is 2.30. The maximum absolute atomic E-state index is 13.3. The highest BCUT2D eigenvalue weighted by Crippen LogP contribution is 2.43. The zero-order chi connectivity index (χ0) is 20.0. The van der Waals surface area contributed by atoms with E-state index < -0.39 is 0 Å². The number of ether oxygens (including phenoxy) is 2. The topological polar surface area (TPSA) is 54.9 Å². The minimum atomic E-state index is -0.196. The molecule has 2 N–H and O–H groups in total. The predicted octanol–water partition coefficient (Wildman–Crippen LogP) is 4.25. The quantitative estimate of drug-likeness (QED) is 0.331. The Morgan fingerprint density at radius 1 is 1.03 bits per heavy atom. The maximum atomic E-state index is 13.3. The lowest BCUT2D eigenvalue weighted by Crippen LogP contribution is -2.48. The van der Waals surface area contributed by atoms with Gasteiger partial charge in [0.2, 0.25) is 0 Å². The molecule has 3 rings (SSSR count). The third kappa shape index (κ3) is 5.52. The largest absolute Gasteiger partial charge is 0.493 e. The van der Waals surface area contributed by atoms with Crippen LogP contribution in [0.4, 0.5) is 4.39 Å². The van der Waals surface area contributed by atoms with E-state index in [9.17, 15) is 4.39 Å². The monoisotopic (exact) mass is 513 g/mol. The van der Waals surface area contributed by atoms with Gasteiger partial charge in [-0.15, -0.1) is 24.0 Å². The van der Waals surface area contributed by atoms with E-state index in [2.05, 4.69) is 15.6 Å². The van der Waals surface area contributed by atoms with Crippen molar-refractivity contribution >= 4 is 29.9 Å². The Morgan fingerprint density at radius 3 is 2.28 bits per heavy atom. The molecule has 1 aliphatic rings. The number of nitrogens with one attached hydrogen (secondary N) is 2. The van der Waals surface area contributed by atoms with Crippen molar-refractivity contribution in [1.29, 1.82) is 0 Å². The van der Waals surface area contributed by atoms with Crippen molar-refractivity contribution in [2.75, 3.05) is 27.8 Å². The van der Waals surface area contributed by atoms with Crippen LogP contribution in [0.25, 0.3) is 0 Å². The van der Waals surface area contributed by atoms with Crippen LogP contribution in [0.15, 0.2) is 47.5 Å². The van der Waals surface area contributed by atoms with Gasteiger partial charge in [0.1, 0.15) is 5.82 Å². The highest BCUT2D eigenvalue weighted by atomic mass is 127. The van der Waals surface area contributed by atoms with E-state index in [1.165, 1.54) is 12.0 Å². The van der Waals surface area contributed by atoms with Crippen LogP contribution in [0.5, 0.6) is 11.5 Å². The number of guanidine groups is 1. The van der Waals surface area contributed by atoms with E-state index in [4.69, 9.17) is 9.47 Å². The molecule has 0 heterocycles. The summed E-state index contributed by atoms with van der Waals surface area (Å²) in [4.78, 5) is 4.33. The lowest BCUT2D eigenvalue weighted by atomic mass is 9.64. The molecule has 7 heteroatoms. The molecule has 0 bridgehead atoms. The normalized spacial score (nSPS) is 15.0. The highest BCUT2D eigenvalue weighted by molar-refractivity contribution is 14.0. The fourth-order valence-corrected chi connectivity index (χ4v) is 3.62. The Morgan fingerprint density at radius 2 is 1.72 bits per heavy atom. The maximum Gasteiger partial charge on any atom is 0.191 e. The standard InChI is InChI=1S/C22H28FN3O2.HI/c1-24-21(25-14-16-5-10-19(27-2)20(13-16)28-3)26-15-22(11-4-12-22)17-6-8-18(23)9-7-17;/h5-10,13H,4,11-12,14-15H2,1-3H3,(H2,24,25,26);1H. The van der Waals surface area contributed by atoms with Crippen molar-refractivity contribution < 1.29 is 13.9 Å². The molecule has 2 aromatic carbocycles. The number of hydrogen-bond donors (Lipinski definition) is 2. The molecule has 0 saturated heterocycles. The molecule has 0 aromatic heterocycles. The van der Waals surface area contributed by atoms with Crippen molar-refractivity contribution in [2.24, 2.45) is 4.99 Å². The lowest BCUT2D eigenvalue weighted by molar-refractivity contribution is 0.243. The molecule has 158 valence electrons. The van der Waals surface area contributed by atoms with Crippen molar-refractivity contribution in [3.63, 3.8) is 0 Å². The summed E-state index contributed by atoms with van der Waals surface area (Å²) in [5, 5.41) is 6.77. The predicted molar refractivity (Wildman–Crippen MR) is 125 cm³/mol. The van der Waals surface area contributed by atoms with E-state index in [1.807, 2.05) is 30.3 Å². The molecule has 1 saturated carbocycles. The Bertz CT molecular complexity index is 823. The van der Waals surface area contributed by atoms with Crippen LogP contribution in [0.1, 0.15) is 30.4 Å². The van der Waals surface area contributed by atoms with Crippen molar-refractivity contribution in [1.82, 2.24) is 10.6 Å². The Labute approximate surface area is 189 Å². The summed E-state index contributed by atoms with van der Waals surface area (Å²) in [7, 11) is 5.01. The van der Waals surface area contributed by atoms with Gasteiger partial charge in [0, 0.05) is 25.6 Å². The van der Waals surface area contributed by atoms with Crippen molar-refractivity contribution in [3.05, 3.63) is 59.4 Å². The summed E-state index contributed by atoms with van der Waals surface area (Å²) >= 11 is 0. The molecule has 2 aromatic rings. The molecule has 1 aliphatic carbocycles. The molecule has 0 spiro atoms. The minimum Gasteiger partial charge on any atom is -0.493 e. The van der Waals surface area contributed by atoms with Crippen LogP contribution in [0, 0.1) is 5.82 Å². The molecule has 0 atom stereocenters. The van der Waals surface area contributed by atoms with Crippen molar-refractivity contribution in [3.8, 4) is 11.5 Å². The second-order valence-corrected chi connectivity index (χ2v) is 7.11. The molecule has 29 heavy (non-hydrogen) atoms. The summed E-state index contributed by atoms with van der Waals surface area (Å²) in [6.45, 7) is 1.38. The van der Waals surface area contributed by atoms with Gasteiger partial charge in [-0.3, -0.25) is 4.99 Å². The van der Waals surface area contributed by atoms with Gasteiger partial charge < -0.3 is 20.1 Å². The van der Waals surface area contributed by atoms with E-state index in [0.29, 0.717) is 18.0 Å². The Hall–Kier alpha value is -2.03. The molecule has 0 unspecified atom stereocenters. The van der Waals surface area contributed by atoms with Gasteiger partial charge in [0.25, 0.3) is 0 Å². The zero-order valence-electron chi connectivity index (χ0n) is 17.1. The number of methoxy groups -OCH3 is 2. The smallest absolute Gasteiger partial charge is 0.191 e. The van der Waals surface area contributed by atoms with Gasteiger partial charge in [-0.2, -0.15) is 0 Å². The summed E-state index contributed by atoms with van der Waals surface area (Å²) in [6.07, 6.45) is 3.38. The second-order valence-electron chi connectivity index (χ2n) is 7.11. The Balaban J connectivity index is 0.00000300. The van der Waals surface area contributed by atoms with Gasteiger partial charge >= 0.3 is 0 Å². The first-order chi connectivity index (χ1) is 13.6. The second kappa shape index (κ2) is 10.7. The first kappa shape index (κ1) is 23.3. The summed E-state index contributed by atoms with van der Waals surface area (Å²) < 4.78 is 23.9. The zero-order valence-corrected chi connectivity index (χ0v) is 19.5. The number of aliphatic imine (C=N–C) groups is 1. The first-order valence-electron chi connectivity index (χ1n) is 9.52. The third-order valence-electron chi connectivity index (χ3n) is 5.49. The van der Waals surface area contributed by atoms with E-state index in [1.54, 1.807) is 33.4 Å². The van der Waals surface area contributed by atoms with Crippen LogP contribution >= 0.6 is 24.0 Å². The molecule has 0 amide bonds. The van der Waals surface area contributed by atoms with Gasteiger partial charge in [-0.1, -0.05) is 24.6 Å². The average Bonchev–Trinajstić information content (AvgIpc) is 2.70. The van der Waals surface area contributed by atoms with Crippen molar-refractivity contribution in [2.45, 2.75) is 31.2 Å². The lowest BCUT2D eigenvalue weighted by Gasteiger charge is -2.43. The number of halogens is 2. The van der Waals surface area contributed by atoms with E-state index in [-0.39, 0.29) is 35.2 Å². The fourth-order valence-electron chi connectivity index (χ4n) is 3.62. The van der Waals surface area contributed by atoms with Gasteiger partial charge in [-0.05, 0) is 48.2 Å². The fraction of sp³-hybridized carbons (Fsp3) is 0.409. The van der Waals surface area contributed by atoms with Crippen LogP contribution in [-0.4, -0.2) is 33.8 Å². The summed E-state index contributed by atoms with van der Waals surface area (Å²) in [6, 6.07) is 12.7. The molecule has 5 nitrogen and oxygen atoms in total. The minimum absolute atomic E-state index is 0.